The summed E-state index contributed by atoms with van der Waals surface area (Å²) in [6.45, 7) is 5.29. The zero-order chi connectivity index (χ0) is 15.8. The van der Waals surface area contributed by atoms with E-state index < -0.39 is 0 Å². The Hall–Kier alpha value is -1.93. The van der Waals surface area contributed by atoms with E-state index in [2.05, 4.69) is 31.4 Å². The molecule has 0 bridgehead atoms. The van der Waals surface area contributed by atoms with Crippen LogP contribution in [0.25, 0.3) is 0 Å². The maximum Gasteiger partial charge on any atom is 0.191 e. The first-order valence-corrected chi connectivity index (χ1v) is 7.96. The first-order valence-electron chi connectivity index (χ1n) is 7.58. The predicted octanol–water partition coefficient (Wildman–Crippen LogP) is 1.89. The molecular weight excluding hydrogens is 298 g/mol. The predicted molar refractivity (Wildman–Crippen MR) is 92.4 cm³/mol. The van der Waals surface area contributed by atoms with Gasteiger partial charge >= 0.3 is 0 Å². The van der Waals surface area contributed by atoms with Gasteiger partial charge in [-0.15, -0.1) is 12.3 Å². The molecule has 2 N–H and O–H groups in total. The highest BCUT2D eigenvalue weighted by Crippen LogP contribution is 2.25. The van der Waals surface area contributed by atoms with Crippen LogP contribution < -0.4 is 15.5 Å². The number of rotatable bonds is 5. The molecule has 0 radical (unpaired) electrons. The summed E-state index contributed by atoms with van der Waals surface area (Å²) in [6.07, 6.45) is 8.70. The maximum atomic E-state index is 6.21. The topological polar surface area (TPSA) is 52.6 Å². The Labute approximate surface area is 137 Å². The summed E-state index contributed by atoms with van der Waals surface area (Å²) in [5.41, 5.74) is 0. The van der Waals surface area contributed by atoms with Crippen LogP contribution in [-0.2, 0) is 0 Å². The molecule has 22 heavy (non-hydrogen) atoms. The van der Waals surface area contributed by atoms with E-state index >= 15 is 0 Å². The second-order valence-corrected chi connectivity index (χ2v) is 5.51. The van der Waals surface area contributed by atoms with E-state index in [0.717, 1.165) is 37.8 Å². The Kier molecular flexibility index (Phi) is 6.35. The van der Waals surface area contributed by atoms with Crippen molar-refractivity contribution in [2.45, 2.75) is 25.8 Å². The molecule has 1 aromatic rings. The second kappa shape index (κ2) is 8.50. The van der Waals surface area contributed by atoms with Gasteiger partial charge in [0.15, 0.2) is 5.96 Å². The van der Waals surface area contributed by atoms with Crippen molar-refractivity contribution in [2.75, 3.05) is 31.1 Å². The summed E-state index contributed by atoms with van der Waals surface area (Å²) in [4.78, 5) is 11.0. The summed E-state index contributed by atoms with van der Waals surface area (Å²) in [7, 11) is 0. The number of aliphatic imine (C=N–C) groups is 1. The standard InChI is InChI=1S/C16H22ClN5/c1-3-5-9-20-16(18-4-2)21-13-8-11-22(12-13)15-14(17)7-6-10-19-15/h1,6-7,10,13H,4-5,8-9,11-12H2,2H3,(H2,18,20,21). The molecule has 2 rings (SSSR count). The molecule has 0 spiro atoms. The van der Waals surface area contributed by atoms with Crippen LogP contribution in [0.2, 0.25) is 5.02 Å². The Balaban J connectivity index is 1.93. The molecule has 1 unspecified atom stereocenters. The number of halogens is 1. The summed E-state index contributed by atoms with van der Waals surface area (Å²) < 4.78 is 0. The van der Waals surface area contributed by atoms with Crippen molar-refractivity contribution in [2.24, 2.45) is 4.99 Å². The van der Waals surface area contributed by atoms with E-state index in [1.807, 2.05) is 19.1 Å². The third-order valence-corrected chi connectivity index (χ3v) is 3.73. The molecule has 1 atom stereocenters. The molecule has 1 fully saturated rings. The number of terminal acetylenes is 1. The van der Waals surface area contributed by atoms with Crippen molar-refractivity contribution >= 4 is 23.4 Å². The molecule has 2 heterocycles. The molecule has 1 saturated heterocycles. The van der Waals surface area contributed by atoms with Crippen LogP contribution in [0.15, 0.2) is 23.3 Å². The van der Waals surface area contributed by atoms with Crippen molar-refractivity contribution in [1.82, 2.24) is 15.6 Å². The van der Waals surface area contributed by atoms with Crippen molar-refractivity contribution in [3.8, 4) is 12.3 Å². The molecule has 1 aliphatic heterocycles. The minimum absolute atomic E-state index is 0.321. The Morgan fingerprint density at radius 2 is 2.50 bits per heavy atom. The molecule has 0 amide bonds. The van der Waals surface area contributed by atoms with Gasteiger partial charge in [-0.05, 0) is 25.5 Å². The van der Waals surface area contributed by atoms with Crippen molar-refractivity contribution in [3.05, 3.63) is 23.4 Å². The molecule has 0 aliphatic carbocycles. The highest BCUT2D eigenvalue weighted by molar-refractivity contribution is 6.32. The van der Waals surface area contributed by atoms with Gasteiger partial charge in [0.1, 0.15) is 5.82 Å². The molecule has 1 aliphatic rings. The fraction of sp³-hybridized carbons (Fsp3) is 0.500. The number of nitrogens with one attached hydrogen (secondary N) is 2. The number of hydrogen-bond donors (Lipinski definition) is 2. The quantitative estimate of drug-likeness (QED) is 0.377. The summed E-state index contributed by atoms with van der Waals surface area (Å²) in [5.74, 6) is 4.27. The lowest BCUT2D eigenvalue weighted by Crippen LogP contribution is -2.44. The lowest BCUT2D eigenvalue weighted by molar-refractivity contribution is 0.649. The van der Waals surface area contributed by atoms with E-state index in [1.165, 1.54) is 0 Å². The lowest BCUT2D eigenvalue weighted by atomic mass is 10.3. The second-order valence-electron chi connectivity index (χ2n) is 5.10. The molecule has 0 saturated carbocycles. The van der Waals surface area contributed by atoms with Crippen molar-refractivity contribution in [1.29, 1.82) is 0 Å². The Morgan fingerprint density at radius 1 is 1.64 bits per heavy atom. The van der Waals surface area contributed by atoms with Gasteiger partial charge in [-0.1, -0.05) is 11.6 Å². The average molecular weight is 320 g/mol. The van der Waals surface area contributed by atoms with E-state index in [9.17, 15) is 0 Å². The molecular formula is C16H22ClN5. The highest BCUT2D eigenvalue weighted by atomic mass is 35.5. The number of anilines is 1. The number of hydrogen-bond acceptors (Lipinski definition) is 3. The minimum Gasteiger partial charge on any atom is -0.357 e. The van der Waals surface area contributed by atoms with Crippen molar-refractivity contribution in [3.63, 3.8) is 0 Å². The first kappa shape index (κ1) is 16.4. The monoisotopic (exact) mass is 319 g/mol. The SMILES string of the molecule is C#CCCN=C(NCC)NC1CCN(c2ncccc2Cl)C1. The molecule has 5 nitrogen and oxygen atoms in total. The first-order chi connectivity index (χ1) is 10.7. The van der Waals surface area contributed by atoms with Crippen LogP contribution in [0.4, 0.5) is 5.82 Å². The number of guanidine groups is 1. The molecule has 1 aromatic heterocycles. The largest absolute Gasteiger partial charge is 0.357 e. The van der Waals surface area contributed by atoms with Gasteiger partial charge < -0.3 is 15.5 Å². The van der Waals surface area contributed by atoms with Crippen LogP contribution in [0, 0.1) is 12.3 Å². The van der Waals surface area contributed by atoms with Crippen LogP contribution in [-0.4, -0.2) is 43.2 Å². The molecule has 0 aromatic carbocycles. The summed E-state index contributed by atoms with van der Waals surface area (Å²) in [5, 5.41) is 7.39. The van der Waals surface area contributed by atoms with Gasteiger partial charge in [0, 0.05) is 38.3 Å². The van der Waals surface area contributed by atoms with Gasteiger partial charge in [0.2, 0.25) is 0 Å². The van der Waals surface area contributed by atoms with Crippen LogP contribution >= 0.6 is 11.6 Å². The number of aromatic nitrogens is 1. The van der Waals surface area contributed by atoms with Gasteiger partial charge in [-0.2, -0.15) is 0 Å². The Morgan fingerprint density at radius 3 is 3.23 bits per heavy atom. The minimum atomic E-state index is 0.321. The van der Waals surface area contributed by atoms with Crippen molar-refractivity contribution < 1.29 is 0 Å². The fourth-order valence-corrected chi connectivity index (χ4v) is 2.67. The lowest BCUT2D eigenvalue weighted by Gasteiger charge is -2.20. The normalized spacial score (nSPS) is 18.1. The zero-order valence-electron chi connectivity index (χ0n) is 12.8. The highest BCUT2D eigenvalue weighted by Gasteiger charge is 2.25. The zero-order valence-corrected chi connectivity index (χ0v) is 13.6. The Bertz CT molecular complexity index is 552. The molecule has 118 valence electrons. The van der Waals surface area contributed by atoms with Gasteiger partial charge in [0.25, 0.3) is 0 Å². The van der Waals surface area contributed by atoms with E-state index in [0.29, 0.717) is 24.0 Å². The number of pyridine rings is 1. The summed E-state index contributed by atoms with van der Waals surface area (Å²) in [6, 6.07) is 4.04. The van der Waals surface area contributed by atoms with Crippen LogP contribution in [0.5, 0.6) is 0 Å². The van der Waals surface area contributed by atoms with E-state index in [1.54, 1.807) is 6.20 Å². The van der Waals surface area contributed by atoms with Crippen LogP contribution in [0.1, 0.15) is 19.8 Å². The van der Waals surface area contributed by atoms with E-state index in [-0.39, 0.29) is 0 Å². The maximum absolute atomic E-state index is 6.21. The fourth-order valence-electron chi connectivity index (χ4n) is 2.43. The average Bonchev–Trinajstić information content (AvgIpc) is 2.96. The van der Waals surface area contributed by atoms with Crippen LogP contribution in [0.3, 0.4) is 0 Å². The summed E-state index contributed by atoms with van der Waals surface area (Å²) >= 11 is 6.21. The van der Waals surface area contributed by atoms with Gasteiger partial charge in [0.05, 0.1) is 11.6 Å². The third-order valence-electron chi connectivity index (χ3n) is 3.44. The third kappa shape index (κ3) is 4.54. The van der Waals surface area contributed by atoms with E-state index in [4.69, 9.17) is 18.0 Å². The molecule has 6 heteroatoms. The van der Waals surface area contributed by atoms with Gasteiger partial charge in [-0.3, -0.25) is 4.99 Å². The van der Waals surface area contributed by atoms with Gasteiger partial charge in [-0.25, -0.2) is 4.98 Å². The smallest absolute Gasteiger partial charge is 0.191 e. The number of nitrogens with zero attached hydrogens (tertiary/aromatic N) is 3.